The summed E-state index contributed by atoms with van der Waals surface area (Å²) in [7, 11) is 0. The molecule has 2 aliphatic rings. The van der Waals surface area contributed by atoms with E-state index in [2.05, 4.69) is 12.2 Å². The molecule has 1 amide bonds. The van der Waals surface area contributed by atoms with Crippen molar-refractivity contribution in [2.75, 3.05) is 0 Å². The van der Waals surface area contributed by atoms with Crippen LogP contribution in [0.3, 0.4) is 0 Å². The molecule has 114 valence electrons. The monoisotopic (exact) mass is 290 g/mol. The van der Waals surface area contributed by atoms with Gasteiger partial charge in [0, 0.05) is 6.04 Å². The van der Waals surface area contributed by atoms with E-state index in [1.165, 1.54) is 18.6 Å². The van der Waals surface area contributed by atoms with E-state index in [1.54, 1.807) is 6.07 Å². The second-order valence-corrected chi connectivity index (χ2v) is 6.40. The first kappa shape index (κ1) is 14.5. The third kappa shape index (κ3) is 2.69. The van der Waals surface area contributed by atoms with Gasteiger partial charge in [-0.15, -0.1) is 0 Å². The number of hydrogen-bond acceptors (Lipinski definition) is 2. The van der Waals surface area contributed by atoms with Gasteiger partial charge in [-0.25, -0.2) is 4.39 Å². The van der Waals surface area contributed by atoms with E-state index in [0.29, 0.717) is 5.92 Å². The molecule has 0 aromatic heterocycles. The van der Waals surface area contributed by atoms with Gasteiger partial charge in [0.1, 0.15) is 12.0 Å². The zero-order valence-corrected chi connectivity index (χ0v) is 12.7. The fourth-order valence-electron chi connectivity index (χ4n) is 3.70. The number of carbonyl (C=O) groups is 1. The Labute approximate surface area is 125 Å². The maximum Gasteiger partial charge on any atom is 0.241 e. The second kappa shape index (κ2) is 5.76. The summed E-state index contributed by atoms with van der Waals surface area (Å²) in [6.45, 7) is 4.25. The SMILES string of the molecule is CCC1NC(c2cccc(F)c2)N(C2CCC(C)C2)C1=O. The molecule has 2 fully saturated rings. The van der Waals surface area contributed by atoms with Gasteiger partial charge in [-0.2, -0.15) is 0 Å². The van der Waals surface area contributed by atoms with Gasteiger partial charge in [-0.3, -0.25) is 10.1 Å². The fraction of sp³-hybridized carbons (Fsp3) is 0.588. The van der Waals surface area contributed by atoms with Crippen molar-refractivity contribution in [3.63, 3.8) is 0 Å². The maximum atomic E-state index is 13.5. The lowest BCUT2D eigenvalue weighted by Gasteiger charge is -2.30. The van der Waals surface area contributed by atoms with Crippen molar-refractivity contribution in [1.82, 2.24) is 10.2 Å². The van der Waals surface area contributed by atoms with Crippen molar-refractivity contribution in [2.45, 2.75) is 57.8 Å². The Morgan fingerprint density at radius 3 is 2.81 bits per heavy atom. The van der Waals surface area contributed by atoms with Crippen molar-refractivity contribution in [3.8, 4) is 0 Å². The van der Waals surface area contributed by atoms with Crippen LogP contribution in [-0.4, -0.2) is 22.9 Å². The predicted octanol–water partition coefficient (Wildman–Crippen LogP) is 3.22. The van der Waals surface area contributed by atoms with Crippen LogP contribution in [-0.2, 0) is 4.79 Å². The number of rotatable bonds is 3. The van der Waals surface area contributed by atoms with Gasteiger partial charge in [-0.05, 0) is 49.3 Å². The van der Waals surface area contributed by atoms with E-state index in [0.717, 1.165) is 24.8 Å². The molecule has 3 rings (SSSR count). The molecule has 1 N–H and O–H groups in total. The van der Waals surface area contributed by atoms with Gasteiger partial charge in [0.05, 0.1) is 6.04 Å². The average molecular weight is 290 g/mol. The highest BCUT2D eigenvalue weighted by Crippen LogP contribution is 2.37. The van der Waals surface area contributed by atoms with Crippen LogP contribution >= 0.6 is 0 Å². The quantitative estimate of drug-likeness (QED) is 0.927. The highest BCUT2D eigenvalue weighted by atomic mass is 19.1. The minimum Gasteiger partial charge on any atom is -0.319 e. The van der Waals surface area contributed by atoms with Crippen molar-refractivity contribution in [3.05, 3.63) is 35.6 Å². The van der Waals surface area contributed by atoms with Crippen molar-refractivity contribution >= 4 is 5.91 Å². The Bertz CT molecular complexity index is 533. The zero-order chi connectivity index (χ0) is 15.0. The Kier molecular flexibility index (Phi) is 3.98. The smallest absolute Gasteiger partial charge is 0.241 e. The summed E-state index contributed by atoms with van der Waals surface area (Å²) in [5.74, 6) is 0.587. The number of halogens is 1. The van der Waals surface area contributed by atoms with E-state index in [9.17, 15) is 9.18 Å². The lowest BCUT2D eigenvalue weighted by molar-refractivity contribution is -0.132. The van der Waals surface area contributed by atoms with Crippen LogP contribution in [0.5, 0.6) is 0 Å². The Hall–Kier alpha value is -1.42. The zero-order valence-electron chi connectivity index (χ0n) is 12.7. The largest absolute Gasteiger partial charge is 0.319 e. The second-order valence-electron chi connectivity index (χ2n) is 6.40. The number of amides is 1. The van der Waals surface area contributed by atoms with E-state index < -0.39 is 0 Å². The normalized spacial score (nSPS) is 32.9. The number of carbonyl (C=O) groups excluding carboxylic acids is 1. The van der Waals surface area contributed by atoms with Crippen LogP contribution in [0.2, 0.25) is 0 Å². The average Bonchev–Trinajstić information content (AvgIpc) is 3.02. The molecule has 0 bridgehead atoms. The highest BCUT2D eigenvalue weighted by molar-refractivity contribution is 5.84. The minimum atomic E-state index is -0.249. The number of nitrogens with zero attached hydrogens (tertiary/aromatic N) is 1. The van der Waals surface area contributed by atoms with Crippen molar-refractivity contribution in [2.24, 2.45) is 5.92 Å². The van der Waals surface area contributed by atoms with Crippen LogP contribution in [0.25, 0.3) is 0 Å². The summed E-state index contributed by atoms with van der Waals surface area (Å²) in [5, 5.41) is 3.39. The summed E-state index contributed by atoms with van der Waals surface area (Å²) in [4.78, 5) is 14.6. The third-order valence-electron chi connectivity index (χ3n) is 4.82. The molecular weight excluding hydrogens is 267 g/mol. The number of nitrogens with one attached hydrogen (secondary N) is 1. The van der Waals surface area contributed by atoms with Gasteiger partial charge in [0.2, 0.25) is 5.91 Å². The molecular formula is C17H23FN2O. The molecule has 1 aliphatic carbocycles. The van der Waals surface area contributed by atoms with E-state index in [-0.39, 0.29) is 30.0 Å². The molecule has 1 aromatic rings. The van der Waals surface area contributed by atoms with Crippen LogP contribution < -0.4 is 5.32 Å². The first-order valence-corrected chi connectivity index (χ1v) is 7.93. The molecule has 4 heteroatoms. The Morgan fingerprint density at radius 2 is 2.19 bits per heavy atom. The number of hydrogen-bond donors (Lipinski definition) is 1. The molecule has 1 heterocycles. The molecule has 0 spiro atoms. The van der Waals surface area contributed by atoms with Crippen LogP contribution in [0.15, 0.2) is 24.3 Å². The van der Waals surface area contributed by atoms with Crippen LogP contribution in [0, 0.1) is 11.7 Å². The predicted molar refractivity (Wildman–Crippen MR) is 80.0 cm³/mol. The molecule has 0 radical (unpaired) electrons. The Morgan fingerprint density at radius 1 is 1.38 bits per heavy atom. The summed E-state index contributed by atoms with van der Waals surface area (Å²) in [5.41, 5.74) is 0.846. The topological polar surface area (TPSA) is 32.3 Å². The summed E-state index contributed by atoms with van der Waals surface area (Å²) >= 11 is 0. The lowest BCUT2D eigenvalue weighted by atomic mass is 10.1. The maximum absolute atomic E-state index is 13.5. The first-order chi connectivity index (χ1) is 10.1. The standard InChI is InChI=1S/C17H23FN2O/c1-3-15-17(21)20(14-8-7-11(2)9-14)16(19-15)12-5-4-6-13(18)10-12/h4-6,10-11,14-16,19H,3,7-9H2,1-2H3. The molecule has 1 saturated heterocycles. The molecule has 1 aromatic carbocycles. The van der Waals surface area contributed by atoms with Crippen LogP contribution in [0.4, 0.5) is 4.39 Å². The van der Waals surface area contributed by atoms with E-state index in [1.807, 2.05) is 17.9 Å². The molecule has 4 unspecified atom stereocenters. The van der Waals surface area contributed by atoms with Crippen molar-refractivity contribution in [1.29, 1.82) is 0 Å². The van der Waals surface area contributed by atoms with Gasteiger partial charge >= 0.3 is 0 Å². The van der Waals surface area contributed by atoms with Gasteiger partial charge in [0.25, 0.3) is 0 Å². The first-order valence-electron chi connectivity index (χ1n) is 7.93. The van der Waals surface area contributed by atoms with Gasteiger partial charge in [-0.1, -0.05) is 26.0 Å². The number of benzene rings is 1. The van der Waals surface area contributed by atoms with Gasteiger partial charge < -0.3 is 4.90 Å². The van der Waals surface area contributed by atoms with E-state index >= 15 is 0 Å². The van der Waals surface area contributed by atoms with E-state index in [4.69, 9.17) is 0 Å². The highest BCUT2D eigenvalue weighted by Gasteiger charge is 2.43. The van der Waals surface area contributed by atoms with Crippen LogP contribution in [0.1, 0.15) is 51.3 Å². The summed E-state index contributed by atoms with van der Waals surface area (Å²) in [6.07, 6.45) is 3.85. The van der Waals surface area contributed by atoms with Crippen molar-refractivity contribution < 1.29 is 9.18 Å². The molecule has 1 aliphatic heterocycles. The molecule has 1 saturated carbocycles. The van der Waals surface area contributed by atoms with Gasteiger partial charge in [0.15, 0.2) is 0 Å². The molecule has 4 atom stereocenters. The lowest BCUT2D eigenvalue weighted by Crippen LogP contribution is -2.38. The minimum absolute atomic E-state index is 0.144. The molecule has 21 heavy (non-hydrogen) atoms. The summed E-state index contributed by atoms with van der Waals surface area (Å²) < 4.78 is 13.5. The molecule has 3 nitrogen and oxygen atoms in total. The third-order valence-corrected chi connectivity index (χ3v) is 4.82. The Balaban J connectivity index is 1.91. The fourth-order valence-corrected chi connectivity index (χ4v) is 3.70. The summed E-state index contributed by atoms with van der Waals surface area (Å²) in [6, 6.07) is 6.73.